The van der Waals surface area contributed by atoms with Gasteiger partial charge in [-0.15, -0.1) is 0 Å². The van der Waals surface area contributed by atoms with Gasteiger partial charge in [-0.3, -0.25) is 0 Å². The molecule has 0 radical (unpaired) electrons. The number of fused-ring (bicyclic) bond motifs is 1. The molecular formula is C13H14N4O. The van der Waals surface area contributed by atoms with E-state index in [1.165, 1.54) is 5.39 Å². The smallest absolute Gasteiger partial charge is 0.246 e. The van der Waals surface area contributed by atoms with Gasteiger partial charge in [-0.25, -0.2) is 0 Å². The monoisotopic (exact) mass is 242 g/mol. The van der Waals surface area contributed by atoms with Crippen LogP contribution in [0.1, 0.15) is 17.3 Å². The van der Waals surface area contributed by atoms with Gasteiger partial charge < -0.3 is 14.8 Å². The van der Waals surface area contributed by atoms with Gasteiger partial charge in [0.05, 0.1) is 0 Å². The summed E-state index contributed by atoms with van der Waals surface area (Å²) in [5.41, 5.74) is 7.91. The minimum atomic E-state index is 0.542. The lowest BCUT2D eigenvalue weighted by Gasteiger charge is -2.03. The van der Waals surface area contributed by atoms with Crippen molar-refractivity contribution in [2.75, 3.05) is 0 Å². The SMILES string of the molecule is Cc1noc(Cn2ccc3ccc(CN)cc32)n1. The Labute approximate surface area is 104 Å². The number of hydrogen-bond acceptors (Lipinski definition) is 4. The molecule has 0 saturated heterocycles. The van der Waals surface area contributed by atoms with Gasteiger partial charge in [0.15, 0.2) is 5.82 Å². The van der Waals surface area contributed by atoms with Gasteiger partial charge in [-0.05, 0) is 30.0 Å². The molecule has 0 unspecified atom stereocenters. The number of rotatable bonds is 3. The predicted molar refractivity (Wildman–Crippen MR) is 68.0 cm³/mol. The largest absolute Gasteiger partial charge is 0.338 e. The number of hydrogen-bond donors (Lipinski definition) is 1. The minimum absolute atomic E-state index is 0.542. The Balaban J connectivity index is 2.01. The maximum atomic E-state index is 5.67. The van der Waals surface area contributed by atoms with Crippen molar-refractivity contribution in [1.82, 2.24) is 14.7 Å². The third kappa shape index (κ3) is 1.89. The average Bonchev–Trinajstić information content (AvgIpc) is 2.96. The summed E-state index contributed by atoms with van der Waals surface area (Å²) in [6.45, 7) is 2.94. The van der Waals surface area contributed by atoms with E-state index >= 15 is 0 Å². The molecule has 0 spiro atoms. The lowest BCUT2D eigenvalue weighted by atomic mass is 10.1. The van der Waals surface area contributed by atoms with Gasteiger partial charge in [0.25, 0.3) is 0 Å². The second-order valence-electron chi connectivity index (χ2n) is 4.28. The molecule has 0 fully saturated rings. The van der Waals surface area contributed by atoms with E-state index in [2.05, 4.69) is 32.9 Å². The van der Waals surface area contributed by atoms with E-state index < -0.39 is 0 Å². The lowest BCUT2D eigenvalue weighted by molar-refractivity contribution is 0.369. The van der Waals surface area contributed by atoms with Crippen LogP contribution in [0.4, 0.5) is 0 Å². The molecule has 5 nitrogen and oxygen atoms in total. The highest BCUT2D eigenvalue weighted by molar-refractivity contribution is 5.80. The molecule has 2 heterocycles. The topological polar surface area (TPSA) is 69.9 Å². The molecule has 0 aliphatic rings. The maximum absolute atomic E-state index is 5.67. The molecule has 3 aromatic rings. The summed E-state index contributed by atoms with van der Waals surface area (Å²) in [5.74, 6) is 1.27. The maximum Gasteiger partial charge on any atom is 0.246 e. The van der Waals surface area contributed by atoms with Crippen molar-refractivity contribution in [1.29, 1.82) is 0 Å². The van der Waals surface area contributed by atoms with Crippen LogP contribution in [0, 0.1) is 6.92 Å². The van der Waals surface area contributed by atoms with E-state index in [1.54, 1.807) is 0 Å². The zero-order valence-electron chi connectivity index (χ0n) is 10.1. The van der Waals surface area contributed by atoms with Gasteiger partial charge in [0, 0.05) is 18.3 Å². The Kier molecular flexibility index (Phi) is 2.60. The number of aromatic nitrogens is 3. The first-order chi connectivity index (χ1) is 8.76. The van der Waals surface area contributed by atoms with Crippen LogP contribution in [0.2, 0.25) is 0 Å². The third-order valence-electron chi connectivity index (χ3n) is 2.95. The average molecular weight is 242 g/mol. The van der Waals surface area contributed by atoms with Crippen molar-refractivity contribution in [3.8, 4) is 0 Å². The van der Waals surface area contributed by atoms with Crippen LogP contribution in [-0.2, 0) is 13.1 Å². The number of benzene rings is 1. The Morgan fingerprint density at radius 3 is 2.94 bits per heavy atom. The highest BCUT2D eigenvalue weighted by atomic mass is 16.5. The Bertz CT molecular complexity index is 683. The Morgan fingerprint density at radius 1 is 1.33 bits per heavy atom. The second kappa shape index (κ2) is 4.27. The Morgan fingerprint density at radius 2 is 2.22 bits per heavy atom. The van der Waals surface area contributed by atoms with Crippen LogP contribution in [0.15, 0.2) is 35.0 Å². The van der Waals surface area contributed by atoms with Gasteiger partial charge in [-0.1, -0.05) is 17.3 Å². The molecule has 2 aromatic heterocycles. The molecule has 0 amide bonds. The highest BCUT2D eigenvalue weighted by Gasteiger charge is 2.07. The molecule has 0 aliphatic carbocycles. The molecule has 3 rings (SSSR count). The summed E-state index contributed by atoms with van der Waals surface area (Å²) in [6, 6.07) is 8.29. The van der Waals surface area contributed by atoms with Crippen molar-refractivity contribution in [3.63, 3.8) is 0 Å². The van der Waals surface area contributed by atoms with E-state index in [-0.39, 0.29) is 0 Å². The molecule has 5 heteroatoms. The van der Waals surface area contributed by atoms with E-state index in [0.717, 1.165) is 11.1 Å². The van der Waals surface area contributed by atoms with Crippen molar-refractivity contribution in [2.45, 2.75) is 20.0 Å². The number of nitrogens with two attached hydrogens (primary N) is 1. The molecule has 2 N–H and O–H groups in total. The van der Waals surface area contributed by atoms with Crippen molar-refractivity contribution >= 4 is 10.9 Å². The summed E-state index contributed by atoms with van der Waals surface area (Å²) in [7, 11) is 0. The lowest BCUT2D eigenvalue weighted by Crippen LogP contribution is -2.00. The fourth-order valence-corrected chi connectivity index (χ4v) is 2.04. The molecule has 0 aliphatic heterocycles. The number of nitrogens with zero attached hydrogens (tertiary/aromatic N) is 3. The Hall–Kier alpha value is -2.14. The molecule has 0 bridgehead atoms. The van der Waals surface area contributed by atoms with E-state index in [4.69, 9.17) is 10.3 Å². The van der Waals surface area contributed by atoms with Gasteiger partial charge in [0.1, 0.15) is 6.54 Å². The fourth-order valence-electron chi connectivity index (χ4n) is 2.04. The molecule has 1 aromatic carbocycles. The minimum Gasteiger partial charge on any atom is -0.338 e. The molecule has 0 saturated carbocycles. The zero-order valence-corrected chi connectivity index (χ0v) is 10.1. The van der Waals surface area contributed by atoms with E-state index in [9.17, 15) is 0 Å². The quantitative estimate of drug-likeness (QED) is 0.760. The van der Waals surface area contributed by atoms with Crippen LogP contribution in [-0.4, -0.2) is 14.7 Å². The fraction of sp³-hybridized carbons (Fsp3) is 0.231. The molecular weight excluding hydrogens is 228 g/mol. The first-order valence-corrected chi connectivity index (χ1v) is 5.83. The molecule has 18 heavy (non-hydrogen) atoms. The van der Waals surface area contributed by atoms with Crippen LogP contribution in [0.3, 0.4) is 0 Å². The van der Waals surface area contributed by atoms with Gasteiger partial charge in [0.2, 0.25) is 5.89 Å². The highest BCUT2D eigenvalue weighted by Crippen LogP contribution is 2.18. The zero-order chi connectivity index (χ0) is 12.5. The normalized spacial score (nSPS) is 11.2. The molecule has 0 atom stereocenters. The summed E-state index contributed by atoms with van der Waals surface area (Å²) >= 11 is 0. The van der Waals surface area contributed by atoms with Gasteiger partial charge >= 0.3 is 0 Å². The van der Waals surface area contributed by atoms with Crippen molar-refractivity contribution < 1.29 is 4.52 Å². The summed E-state index contributed by atoms with van der Waals surface area (Å²) in [6.07, 6.45) is 2.02. The third-order valence-corrected chi connectivity index (χ3v) is 2.95. The number of aryl methyl sites for hydroxylation is 1. The first kappa shape index (κ1) is 11.0. The van der Waals surface area contributed by atoms with E-state index in [0.29, 0.717) is 24.8 Å². The predicted octanol–water partition coefficient (Wildman–Crippen LogP) is 1.84. The van der Waals surface area contributed by atoms with Crippen LogP contribution in [0.5, 0.6) is 0 Å². The standard InChI is InChI=1S/C13H14N4O/c1-9-15-13(18-16-9)8-17-5-4-11-3-2-10(7-14)6-12(11)17/h2-6H,7-8,14H2,1H3. The molecule has 92 valence electrons. The van der Waals surface area contributed by atoms with Crippen LogP contribution in [0.25, 0.3) is 10.9 Å². The van der Waals surface area contributed by atoms with Crippen molar-refractivity contribution in [2.24, 2.45) is 5.73 Å². The summed E-state index contributed by atoms with van der Waals surface area (Å²) in [5, 5.41) is 4.98. The summed E-state index contributed by atoms with van der Waals surface area (Å²) in [4.78, 5) is 4.21. The van der Waals surface area contributed by atoms with Gasteiger partial charge in [-0.2, -0.15) is 4.98 Å². The van der Waals surface area contributed by atoms with E-state index in [1.807, 2.05) is 19.2 Å². The van der Waals surface area contributed by atoms with Crippen molar-refractivity contribution in [3.05, 3.63) is 47.7 Å². The van der Waals surface area contributed by atoms with Crippen LogP contribution >= 0.6 is 0 Å². The first-order valence-electron chi connectivity index (χ1n) is 5.83. The van der Waals surface area contributed by atoms with Crippen LogP contribution < -0.4 is 5.73 Å². The summed E-state index contributed by atoms with van der Waals surface area (Å²) < 4.78 is 7.22. The second-order valence-corrected chi connectivity index (χ2v) is 4.28.